The smallest absolute Gasteiger partial charge is 0.287 e. The van der Waals surface area contributed by atoms with Crippen LogP contribution in [-0.2, 0) is 43.8 Å². The van der Waals surface area contributed by atoms with Crippen molar-refractivity contribution in [2.75, 3.05) is 26.8 Å². The molecule has 0 aliphatic carbocycles. The Morgan fingerprint density at radius 2 is 2.09 bits per heavy atom. The highest BCUT2D eigenvalue weighted by Crippen LogP contribution is 2.26. The zero-order chi connectivity index (χ0) is 21.9. The fraction of sp³-hybridized carbons (Fsp3) is 0.435. The van der Waals surface area contributed by atoms with Gasteiger partial charge in [0, 0.05) is 46.1 Å². The summed E-state index contributed by atoms with van der Waals surface area (Å²) < 4.78 is 18.3. The van der Waals surface area contributed by atoms with Crippen LogP contribution in [-0.4, -0.2) is 52.4 Å². The number of furan rings is 1. The molecule has 5 rings (SSSR count). The molecule has 32 heavy (non-hydrogen) atoms. The summed E-state index contributed by atoms with van der Waals surface area (Å²) >= 11 is 0. The Kier molecular flexibility index (Phi) is 5.91. The van der Waals surface area contributed by atoms with Crippen LogP contribution >= 0.6 is 0 Å². The van der Waals surface area contributed by atoms with Gasteiger partial charge < -0.3 is 23.8 Å². The second-order valence-corrected chi connectivity index (χ2v) is 8.13. The van der Waals surface area contributed by atoms with Crippen LogP contribution in [0, 0.1) is 0 Å². The van der Waals surface area contributed by atoms with E-state index >= 15 is 0 Å². The van der Waals surface area contributed by atoms with E-state index in [9.17, 15) is 4.79 Å². The summed E-state index contributed by atoms with van der Waals surface area (Å²) in [6.07, 6.45) is 1.82. The lowest BCUT2D eigenvalue weighted by Gasteiger charge is -2.20. The lowest BCUT2D eigenvalue weighted by molar-refractivity contribution is 0.0913. The maximum Gasteiger partial charge on any atom is 0.287 e. The van der Waals surface area contributed by atoms with Crippen LogP contribution in [0.5, 0.6) is 5.75 Å². The highest BCUT2D eigenvalue weighted by molar-refractivity contribution is 5.91. The number of nitrogens with zero attached hydrogens (tertiary/aromatic N) is 4. The van der Waals surface area contributed by atoms with E-state index in [-0.39, 0.29) is 11.7 Å². The highest BCUT2D eigenvalue weighted by Gasteiger charge is 2.20. The van der Waals surface area contributed by atoms with Crippen LogP contribution < -0.4 is 10.1 Å². The highest BCUT2D eigenvalue weighted by atomic mass is 16.5. The molecule has 4 heterocycles. The number of benzene rings is 1. The second-order valence-electron chi connectivity index (χ2n) is 8.13. The molecule has 1 N–H and O–H groups in total. The molecule has 0 fully saturated rings. The Labute approximate surface area is 186 Å². The minimum Gasteiger partial charge on any atom is -0.493 e. The van der Waals surface area contributed by atoms with Gasteiger partial charge >= 0.3 is 0 Å². The van der Waals surface area contributed by atoms with Gasteiger partial charge in [-0.15, -0.1) is 10.2 Å². The van der Waals surface area contributed by atoms with Gasteiger partial charge in [-0.2, -0.15) is 0 Å². The quantitative estimate of drug-likeness (QED) is 0.604. The fourth-order valence-corrected chi connectivity index (χ4v) is 4.28. The molecular weight excluding hydrogens is 410 g/mol. The van der Waals surface area contributed by atoms with Crippen molar-refractivity contribution in [2.24, 2.45) is 0 Å². The van der Waals surface area contributed by atoms with Gasteiger partial charge in [-0.3, -0.25) is 9.69 Å². The molecule has 2 aliphatic heterocycles. The molecule has 0 radical (unpaired) electrons. The van der Waals surface area contributed by atoms with Crippen LogP contribution in [0.3, 0.4) is 0 Å². The molecular formula is C23H27N5O4. The largest absolute Gasteiger partial charge is 0.493 e. The van der Waals surface area contributed by atoms with Crippen molar-refractivity contribution >= 4 is 5.91 Å². The minimum atomic E-state index is -0.277. The third-order valence-electron chi connectivity index (χ3n) is 5.93. The Bertz CT molecular complexity index is 1110. The van der Waals surface area contributed by atoms with E-state index in [2.05, 4.69) is 43.2 Å². The maximum atomic E-state index is 12.4. The van der Waals surface area contributed by atoms with Gasteiger partial charge in [0.2, 0.25) is 0 Å². The number of hydrogen-bond donors (Lipinski definition) is 1. The van der Waals surface area contributed by atoms with Gasteiger partial charge in [-0.05, 0) is 29.3 Å². The predicted molar refractivity (Wildman–Crippen MR) is 115 cm³/mol. The third kappa shape index (κ3) is 4.39. The van der Waals surface area contributed by atoms with Crippen LogP contribution in [0.2, 0.25) is 0 Å². The molecule has 0 saturated carbocycles. The SMILES string of the molecule is COCc1ccc(C(=O)NCc2nnc3n2CCN(Cc2ccc4c(c2)CCO4)CC3)o1. The first-order chi connectivity index (χ1) is 15.7. The normalized spacial score (nSPS) is 15.7. The van der Waals surface area contributed by atoms with Crippen LogP contribution in [0.4, 0.5) is 0 Å². The van der Waals surface area contributed by atoms with E-state index < -0.39 is 0 Å². The summed E-state index contributed by atoms with van der Waals surface area (Å²) in [6.45, 7) is 4.94. The molecule has 1 amide bonds. The number of carbonyl (C=O) groups is 1. The summed E-state index contributed by atoms with van der Waals surface area (Å²) in [5.74, 6) is 3.34. The molecule has 2 aliphatic rings. The number of nitrogens with one attached hydrogen (secondary N) is 1. The molecule has 0 bridgehead atoms. The lowest BCUT2D eigenvalue weighted by Crippen LogP contribution is -2.28. The second kappa shape index (κ2) is 9.13. The third-order valence-corrected chi connectivity index (χ3v) is 5.93. The van der Waals surface area contributed by atoms with Gasteiger partial charge in [-0.25, -0.2) is 0 Å². The number of aromatic nitrogens is 3. The van der Waals surface area contributed by atoms with Gasteiger partial charge in [0.05, 0.1) is 13.2 Å². The molecule has 1 aromatic carbocycles. The molecule has 0 unspecified atom stereocenters. The van der Waals surface area contributed by atoms with Crippen LogP contribution in [0.1, 0.15) is 39.1 Å². The Morgan fingerprint density at radius 1 is 1.16 bits per heavy atom. The van der Waals surface area contributed by atoms with Gasteiger partial charge in [-0.1, -0.05) is 12.1 Å². The van der Waals surface area contributed by atoms with Crippen molar-refractivity contribution in [2.45, 2.75) is 39.1 Å². The Hall–Kier alpha value is -3.17. The number of carbonyl (C=O) groups excluding carboxylic acids is 1. The average Bonchev–Trinajstić information content (AvgIpc) is 3.51. The monoisotopic (exact) mass is 437 g/mol. The maximum absolute atomic E-state index is 12.4. The van der Waals surface area contributed by atoms with E-state index in [1.807, 2.05) is 0 Å². The van der Waals surface area contributed by atoms with Gasteiger partial charge in [0.1, 0.15) is 23.9 Å². The van der Waals surface area contributed by atoms with Crippen molar-refractivity contribution in [3.63, 3.8) is 0 Å². The summed E-state index contributed by atoms with van der Waals surface area (Å²) in [5, 5.41) is 11.5. The molecule has 0 atom stereocenters. The van der Waals surface area contributed by atoms with Crippen LogP contribution in [0.25, 0.3) is 0 Å². The van der Waals surface area contributed by atoms with E-state index in [1.54, 1.807) is 19.2 Å². The predicted octanol–water partition coefficient (Wildman–Crippen LogP) is 1.94. The average molecular weight is 438 g/mol. The van der Waals surface area contributed by atoms with Crippen molar-refractivity contribution < 1.29 is 18.7 Å². The van der Waals surface area contributed by atoms with E-state index in [0.29, 0.717) is 18.9 Å². The van der Waals surface area contributed by atoms with E-state index in [4.69, 9.17) is 13.9 Å². The fourth-order valence-electron chi connectivity index (χ4n) is 4.28. The zero-order valence-electron chi connectivity index (χ0n) is 18.2. The summed E-state index contributed by atoms with van der Waals surface area (Å²) in [7, 11) is 1.58. The topological polar surface area (TPSA) is 94.6 Å². The standard InChI is InChI=1S/C23H27N5O4/c1-30-15-18-3-5-20(32-18)23(29)24-13-22-26-25-21-6-8-27(9-10-28(21)22)14-16-2-4-19-17(12-16)7-11-31-19/h2-5,12H,6-11,13-15H2,1H3,(H,24,29). The number of fused-ring (bicyclic) bond motifs is 2. The van der Waals surface area contributed by atoms with Crippen molar-refractivity contribution in [1.29, 1.82) is 0 Å². The van der Waals surface area contributed by atoms with Crippen LogP contribution in [0.15, 0.2) is 34.7 Å². The van der Waals surface area contributed by atoms with Crippen molar-refractivity contribution in [3.8, 4) is 5.75 Å². The van der Waals surface area contributed by atoms with E-state index in [1.165, 1.54) is 11.1 Å². The molecule has 3 aromatic rings. The Morgan fingerprint density at radius 3 is 3.00 bits per heavy atom. The first-order valence-corrected chi connectivity index (χ1v) is 10.9. The molecule has 9 heteroatoms. The lowest BCUT2D eigenvalue weighted by atomic mass is 10.1. The number of amides is 1. The molecule has 2 aromatic heterocycles. The molecule has 9 nitrogen and oxygen atoms in total. The summed E-state index contributed by atoms with van der Waals surface area (Å²) in [6, 6.07) is 9.90. The van der Waals surface area contributed by atoms with Crippen molar-refractivity contribution in [1.82, 2.24) is 25.0 Å². The summed E-state index contributed by atoms with van der Waals surface area (Å²) in [5.41, 5.74) is 2.61. The number of ether oxygens (including phenoxy) is 2. The van der Waals surface area contributed by atoms with Gasteiger partial charge in [0.25, 0.3) is 5.91 Å². The van der Waals surface area contributed by atoms with Gasteiger partial charge in [0.15, 0.2) is 11.6 Å². The molecule has 0 saturated heterocycles. The van der Waals surface area contributed by atoms with E-state index in [0.717, 1.165) is 63.0 Å². The molecule has 168 valence electrons. The Balaban J connectivity index is 1.18. The first kappa shape index (κ1) is 20.7. The first-order valence-electron chi connectivity index (χ1n) is 10.9. The zero-order valence-corrected chi connectivity index (χ0v) is 18.2. The minimum absolute atomic E-state index is 0.263. The summed E-state index contributed by atoms with van der Waals surface area (Å²) in [4.78, 5) is 14.8. The number of rotatable bonds is 7. The molecule has 0 spiro atoms. The number of hydrogen-bond acceptors (Lipinski definition) is 7. The van der Waals surface area contributed by atoms with Crippen molar-refractivity contribution in [3.05, 3.63) is 64.6 Å². The number of methoxy groups -OCH3 is 1.